The Morgan fingerprint density at radius 1 is 0.365 bits per heavy atom. The molecule has 5 aromatic heterocycles. The van der Waals surface area contributed by atoms with Gasteiger partial charge in [0, 0.05) is 136 Å². The molecule has 0 amide bonds. The Kier molecular flexibility index (Phi) is 27.1. The maximum Gasteiger partial charge on any atom is 0.229 e. The zero-order valence-corrected chi connectivity index (χ0v) is 60.1. The van der Waals surface area contributed by atoms with Gasteiger partial charge < -0.3 is 49.0 Å². The SMILES string of the molecule is C.C.C.C.C.C.C[C@H]1N(C)C=CN1c1ccnn1C.C[C@H]1N(C)C=CN1c1ncnn1C.C[C@H]1N(C)c2ccccc2N1c1ccnn1C.C[C@H]1N(C)c2ccccc2N1c1ncnn1C.Cc1cccc2c1N1C(=CN(C)[C@@H]1C)CC2.Cc1ccccc1N1c2cc3ccccc3nc2N(C)[C@@H]1C. The molecule has 12 heterocycles. The van der Waals surface area contributed by atoms with Gasteiger partial charge in [0.05, 0.1) is 46.3 Å². The molecule has 0 spiro atoms. The summed E-state index contributed by atoms with van der Waals surface area (Å²) in [5, 5.41) is 17.7. The molecule has 0 unspecified atom stereocenters. The Morgan fingerprint density at radius 2 is 0.856 bits per heavy atom. The second-order valence-electron chi connectivity index (χ2n) is 26.0. The van der Waals surface area contributed by atoms with Gasteiger partial charge in [0.25, 0.3) is 0 Å². The number of fused-ring (bicyclic) bond motifs is 7. The van der Waals surface area contributed by atoms with Crippen molar-refractivity contribution in [3.8, 4) is 0 Å². The summed E-state index contributed by atoms with van der Waals surface area (Å²) in [7, 11) is 20.3. The zero-order chi connectivity index (χ0) is 69.4. The van der Waals surface area contributed by atoms with E-state index in [4.69, 9.17) is 4.98 Å². The standard InChI is InChI=1S/C19H19N3.C14H18N2.C13H16N4.C12H15N5.C9H14N4.C8H13N5.6CH4/c1-13-8-4-7-11-17(13)22-14(2)21(3)19-18(22)12-15-9-5-6-10-16(15)20-19;1-10-5-4-6-12-7-8-13-9-15(3)11(2)16(13)14(10)12;1-10-15(2)11-6-4-5-7-12(11)17(10)13-8-9-14-16(13)3;1-9-15(2)10-6-4-5-7-11(10)17(9)12-13-8-14-16(12)3;1-8-11(2)6-7-13(8)9-4-5-10-12(9)3;1-7-11(2)4-5-13(7)8-9-6-10-12(8)3;;;;;;/h4-12,14H,1-3H3;4-6,9,11H,7-8H2,1-3H3;4-10H,1-3H3;4-9H,1-3H3;4-8H,1-3H3;4-7H,1-3H3;6*1H4/t14-;11-;10-;9-;8-;7-;;;;;;/m000000....../s1. The molecule has 0 bridgehead atoms. The molecule has 0 N–H and O–H groups in total. The van der Waals surface area contributed by atoms with Crippen LogP contribution in [0, 0.1) is 13.8 Å². The van der Waals surface area contributed by atoms with Crippen LogP contribution in [-0.4, -0.2) is 148 Å². The summed E-state index contributed by atoms with van der Waals surface area (Å²) < 4.78 is 7.35. The van der Waals surface area contributed by atoms with Gasteiger partial charge in [-0.15, -0.1) is 0 Å². The summed E-state index contributed by atoms with van der Waals surface area (Å²) in [5.41, 5.74) is 15.5. The summed E-state index contributed by atoms with van der Waals surface area (Å²) in [6.07, 6.45) is 21.6. The topological polar surface area (TPSA) is 149 Å². The average molecular weight is 1420 g/mol. The highest BCUT2D eigenvalue weighted by molar-refractivity contribution is 5.92. The van der Waals surface area contributed by atoms with Gasteiger partial charge >= 0.3 is 0 Å². The first-order valence-corrected chi connectivity index (χ1v) is 33.7. The van der Waals surface area contributed by atoms with Crippen LogP contribution in [0.25, 0.3) is 10.9 Å². The summed E-state index contributed by atoms with van der Waals surface area (Å²) in [4.78, 5) is 40.4. The van der Waals surface area contributed by atoms with Gasteiger partial charge in [0.2, 0.25) is 11.9 Å². The van der Waals surface area contributed by atoms with Gasteiger partial charge in [0.1, 0.15) is 61.3 Å². The van der Waals surface area contributed by atoms with E-state index in [1.807, 2.05) is 93.7 Å². The largest absolute Gasteiger partial charge is 0.359 e. The number of nitrogens with zero attached hydrogens (tertiary/aromatic N) is 23. The zero-order valence-electron chi connectivity index (χ0n) is 60.1. The average Bonchev–Trinajstić information content (AvgIpc) is 1.59. The quantitative estimate of drug-likeness (QED) is 0.161. The Balaban J connectivity index is 0.000000195. The third kappa shape index (κ3) is 15.5. The fourth-order valence-corrected chi connectivity index (χ4v) is 13.8. The first kappa shape index (κ1) is 82.0. The molecule has 6 atom stereocenters. The number of allylic oxidation sites excluding steroid dienone is 1. The fraction of sp³-hybridized carbons (Fsp3) is 0.395. The molecule has 558 valence electrons. The smallest absolute Gasteiger partial charge is 0.229 e. The lowest BCUT2D eigenvalue weighted by Crippen LogP contribution is -2.37. The molecule has 10 aromatic rings. The number of hydrogen-bond acceptors (Lipinski definition) is 19. The van der Waals surface area contributed by atoms with E-state index < -0.39 is 0 Å². The highest BCUT2D eigenvalue weighted by Gasteiger charge is 2.37. The summed E-state index contributed by atoms with van der Waals surface area (Å²) in [6.45, 7) is 17.5. The van der Waals surface area contributed by atoms with Crippen molar-refractivity contribution in [2.75, 3.05) is 86.4 Å². The van der Waals surface area contributed by atoms with Crippen LogP contribution in [0.4, 0.5) is 69.2 Å². The van der Waals surface area contributed by atoms with E-state index in [2.05, 4.69) is 308 Å². The first-order valence-electron chi connectivity index (χ1n) is 33.7. The van der Waals surface area contributed by atoms with Crippen LogP contribution in [0.5, 0.6) is 0 Å². The van der Waals surface area contributed by atoms with E-state index in [9.17, 15) is 0 Å². The molecule has 0 saturated heterocycles. The Morgan fingerprint density at radius 3 is 1.39 bits per heavy atom. The van der Waals surface area contributed by atoms with Crippen molar-refractivity contribution in [3.63, 3.8) is 0 Å². The van der Waals surface area contributed by atoms with Crippen LogP contribution >= 0.6 is 0 Å². The molecule has 7 aliphatic heterocycles. The number of para-hydroxylation sites is 7. The predicted octanol–water partition coefficient (Wildman–Crippen LogP) is 16.7. The van der Waals surface area contributed by atoms with E-state index in [0.717, 1.165) is 34.9 Å². The first-order chi connectivity index (χ1) is 47.1. The lowest BCUT2D eigenvalue weighted by atomic mass is 9.97. The molecular formula is C81H119N23. The number of rotatable bonds is 5. The summed E-state index contributed by atoms with van der Waals surface area (Å²) in [5.74, 6) is 5.03. The van der Waals surface area contributed by atoms with Crippen LogP contribution in [0.3, 0.4) is 0 Å². The summed E-state index contributed by atoms with van der Waals surface area (Å²) >= 11 is 0. The van der Waals surface area contributed by atoms with Crippen LogP contribution in [0.2, 0.25) is 0 Å². The van der Waals surface area contributed by atoms with Crippen molar-refractivity contribution >= 4 is 80.1 Å². The van der Waals surface area contributed by atoms with E-state index in [1.54, 1.807) is 22.0 Å². The molecular weight excluding hydrogens is 1300 g/mol. The highest BCUT2D eigenvalue weighted by Crippen LogP contribution is 2.47. The molecule has 104 heavy (non-hydrogen) atoms. The lowest BCUT2D eigenvalue weighted by molar-refractivity contribution is 0.378. The van der Waals surface area contributed by atoms with Crippen LogP contribution in [0.1, 0.15) is 109 Å². The maximum atomic E-state index is 4.88. The Hall–Kier alpha value is -11.0. The molecule has 0 aliphatic carbocycles. The molecule has 7 aliphatic rings. The minimum absolute atomic E-state index is 0. The third-order valence-corrected chi connectivity index (χ3v) is 20.2. The van der Waals surface area contributed by atoms with Gasteiger partial charge in [-0.2, -0.15) is 30.4 Å². The number of pyridine rings is 1. The van der Waals surface area contributed by atoms with Crippen molar-refractivity contribution in [2.24, 2.45) is 28.2 Å². The van der Waals surface area contributed by atoms with Gasteiger partial charge in [0.15, 0.2) is 5.82 Å². The fourth-order valence-electron chi connectivity index (χ4n) is 13.8. The van der Waals surface area contributed by atoms with Crippen LogP contribution in [0.15, 0.2) is 195 Å². The third-order valence-electron chi connectivity index (χ3n) is 20.2. The number of hydrogen-bond donors (Lipinski definition) is 0. The van der Waals surface area contributed by atoms with Crippen LogP contribution in [-0.2, 0) is 34.6 Å². The normalized spacial score (nSPS) is 18.7. The van der Waals surface area contributed by atoms with Crippen molar-refractivity contribution in [2.45, 2.75) is 150 Å². The van der Waals surface area contributed by atoms with Gasteiger partial charge in [-0.1, -0.05) is 123 Å². The molecule has 0 saturated carbocycles. The number of anilines is 12. The second kappa shape index (κ2) is 34.3. The Labute approximate surface area is 622 Å². The van der Waals surface area contributed by atoms with Gasteiger partial charge in [-0.25, -0.2) is 14.3 Å². The molecule has 0 fully saturated rings. The minimum atomic E-state index is 0. The molecule has 5 aromatic carbocycles. The van der Waals surface area contributed by atoms with E-state index in [0.29, 0.717) is 24.7 Å². The van der Waals surface area contributed by atoms with E-state index in [1.165, 1.54) is 80.4 Å². The second-order valence-corrected chi connectivity index (χ2v) is 26.0. The van der Waals surface area contributed by atoms with Gasteiger partial charge in [-0.3, -0.25) is 19.2 Å². The molecule has 23 heteroatoms. The number of aryl methyl sites for hydroxylation is 7. The number of aromatic nitrogens is 11. The Bertz CT molecular complexity index is 4340. The predicted molar refractivity (Wildman–Crippen MR) is 440 cm³/mol. The van der Waals surface area contributed by atoms with Crippen molar-refractivity contribution < 1.29 is 0 Å². The molecule has 23 nitrogen and oxygen atoms in total. The number of benzene rings is 5. The highest BCUT2D eigenvalue weighted by atomic mass is 15.5. The van der Waals surface area contributed by atoms with Crippen molar-refractivity contribution in [1.29, 1.82) is 0 Å². The van der Waals surface area contributed by atoms with Gasteiger partial charge in [-0.05, 0) is 127 Å². The van der Waals surface area contributed by atoms with Crippen molar-refractivity contribution in [1.82, 2.24) is 68.8 Å². The monoisotopic (exact) mass is 1410 g/mol. The minimum Gasteiger partial charge on any atom is -0.359 e. The summed E-state index contributed by atoms with van der Waals surface area (Å²) in [6, 6.07) is 46.6. The van der Waals surface area contributed by atoms with Crippen molar-refractivity contribution in [3.05, 3.63) is 212 Å². The van der Waals surface area contributed by atoms with E-state index >= 15 is 0 Å². The molecule has 0 radical (unpaired) electrons. The lowest BCUT2D eigenvalue weighted by Gasteiger charge is -2.35. The van der Waals surface area contributed by atoms with Crippen LogP contribution < -0.4 is 44.1 Å². The maximum absolute atomic E-state index is 4.88. The van der Waals surface area contributed by atoms with E-state index in [-0.39, 0.29) is 56.9 Å². The molecule has 17 rings (SSSR count).